The normalized spacial score (nSPS) is 13.0. The summed E-state index contributed by atoms with van der Waals surface area (Å²) >= 11 is 3.46. The van der Waals surface area contributed by atoms with Crippen molar-refractivity contribution in [3.05, 3.63) is 51.3 Å². The third-order valence-electron chi connectivity index (χ3n) is 3.43. The van der Waals surface area contributed by atoms with Crippen molar-refractivity contribution in [1.82, 2.24) is 15.1 Å². The number of rotatable bonds is 4. The van der Waals surface area contributed by atoms with Gasteiger partial charge in [0.15, 0.2) is 0 Å². The highest BCUT2D eigenvalue weighted by Gasteiger charge is 2.25. The summed E-state index contributed by atoms with van der Waals surface area (Å²) in [5, 5.41) is 7.40. The minimum atomic E-state index is -0.569. The van der Waals surface area contributed by atoms with Crippen LogP contribution in [0.4, 0.5) is 8.78 Å². The Morgan fingerprint density at radius 1 is 1.24 bits per heavy atom. The molecule has 0 amide bonds. The summed E-state index contributed by atoms with van der Waals surface area (Å²) < 4.78 is 30.3. The predicted molar refractivity (Wildman–Crippen MR) is 82.3 cm³/mol. The van der Waals surface area contributed by atoms with Crippen LogP contribution in [0.25, 0.3) is 0 Å². The molecule has 21 heavy (non-hydrogen) atoms. The molecule has 1 atom stereocenters. The molecule has 0 aliphatic carbocycles. The van der Waals surface area contributed by atoms with E-state index in [9.17, 15) is 8.78 Å². The Hall–Kier alpha value is -1.27. The molecule has 0 saturated carbocycles. The molecule has 0 spiro atoms. The average Bonchev–Trinajstić information content (AvgIpc) is 2.79. The van der Waals surface area contributed by atoms with Crippen molar-refractivity contribution in [3.63, 3.8) is 0 Å². The van der Waals surface area contributed by atoms with E-state index in [1.165, 1.54) is 6.07 Å². The van der Waals surface area contributed by atoms with Crippen molar-refractivity contribution in [2.45, 2.75) is 32.9 Å². The molecule has 6 heteroatoms. The van der Waals surface area contributed by atoms with Gasteiger partial charge in [0.25, 0.3) is 0 Å². The fourth-order valence-electron chi connectivity index (χ4n) is 2.37. The molecule has 0 fully saturated rings. The van der Waals surface area contributed by atoms with Gasteiger partial charge in [-0.05, 0) is 55.4 Å². The van der Waals surface area contributed by atoms with Crippen LogP contribution < -0.4 is 5.32 Å². The molecule has 0 saturated heterocycles. The lowest BCUT2D eigenvalue weighted by Gasteiger charge is -2.22. The van der Waals surface area contributed by atoms with Crippen LogP contribution in [-0.4, -0.2) is 16.8 Å². The number of hydrogen-bond donors (Lipinski definition) is 1. The van der Waals surface area contributed by atoms with Gasteiger partial charge in [0, 0.05) is 17.7 Å². The fourth-order valence-corrected chi connectivity index (χ4v) is 2.87. The Labute approximate surface area is 131 Å². The second-order valence-corrected chi connectivity index (χ2v) is 6.11. The van der Waals surface area contributed by atoms with E-state index in [0.29, 0.717) is 11.1 Å². The number of aryl methyl sites for hydroxylation is 1. The van der Waals surface area contributed by atoms with Crippen LogP contribution in [-0.2, 0) is 0 Å². The zero-order chi connectivity index (χ0) is 15.7. The molecular weight excluding hydrogens is 340 g/mol. The molecule has 0 radical (unpaired) electrons. The number of hydrogen-bond acceptors (Lipinski definition) is 2. The van der Waals surface area contributed by atoms with Crippen LogP contribution in [0.5, 0.6) is 0 Å². The highest BCUT2D eigenvalue weighted by Crippen LogP contribution is 2.32. The van der Waals surface area contributed by atoms with Crippen LogP contribution in [0.2, 0.25) is 0 Å². The Bertz CT molecular complexity index is 653. The summed E-state index contributed by atoms with van der Waals surface area (Å²) in [4.78, 5) is 0. The van der Waals surface area contributed by atoms with Crippen LogP contribution in [0.3, 0.4) is 0 Å². The Kier molecular flexibility index (Phi) is 4.78. The van der Waals surface area contributed by atoms with Crippen molar-refractivity contribution in [2.75, 3.05) is 7.05 Å². The first-order valence-electron chi connectivity index (χ1n) is 6.72. The monoisotopic (exact) mass is 357 g/mol. The van der Waals surface area contributed by atoms with E-state index < -0.39 is 17.7 Å². The Morgan fingerprint density at radius 3 is 2.48 bits per heavy atom. The summed E-state index contributed by atoms with van der Waals surface area (Å²) in [5.74, 6) is -1.11. The second kappa shape index (κ2) is 6.23. The Balaban J connectivity index is 2.60. The first kappa shape index (κ1) is 16.1. The lowest BCUT2D eigenvalue weighted by Crippen LogP contribution is -2.24. The number of nitrogens with one attached hydrogen (secondary N) is 1. The molecule has 1 heterocycles. The largest absolute Gasteiger partial charge is 0.308 e. The first-order chi connectivity index (χ1) is 9.86. The maximum Gasteiger partial charge on any atom is 0.131 e. The van der Waals surface area contributed by atoms with E-state index in [-0.39, 0.29) is 6.04 Å². The van der Waals surface area contributed by atoms with Crippen LogP contribution in [0.1, 0.15) is 42.8 Å². The third kappa shape index (κ3) is 3.01. The molecule has 2 rings (SSSR count). The van der Waals surface area contributed by atoms with Gasteiger partial charge >= 0.3 is 0 Å². The third-order valence-corrected chi connectivity index (χ3v) is 4.04. The van der Waals surface area contributed by atoms with Crippen molar-refractivity contribution in [3.8, 4) is 0 Å². The maximum absolute atomic E-state index is 14.2. The van der Waals surface area contributed by atoms with Gasteiger partial charge in [0.1, 0.15) is 11.6 Å². The van der Waals surface area contributed by atoms with E-state index in [2.05, 4.69) is 26.3 Å². The standard InChI is InChI=1S/C15H18BrF2N3/c1-8(2)21-15(11(16)7-20-21)14(19-4)10-5-9(3)12(17)6-13(10)18/h5-8,14,19H,1-4H3. The van der Waals surface area contributed by atoms with Gasteiger partial charge in [-0.3, -0.25) is 4.68 Å². The van der Waals surface area contributed by atoms with Gasteiger partial charge < -0.3 is 5.32 Å². The van der Waals surface area contributed by atoms with Gasteiger partial charge in [0.05, 0.1) is 22.4 Å². The summed E-state index contributed by atoms with van der Waals surface area (Å²) in [6.45, 7) is 5.63. The minimum absolute atomic E-state index is 0.131. The highest BCUT2D eigenvalue weighted by molar-refractivity contribution is 9.10. The summed E-state index contributed by atoms with van der Waals surface area (Å²) in [7, 11) is 1.74. The molecule has 2 aromatic rings. The predicted octanol–water partition coefficient (Wildman–Crippen LogP) is 4.12. The molecule has 0 aliphatic heterocycles. The molecular formula is C15H18BrF2N3. The van der Waals surface area contributed by atoms with Crippen molar-refractivity contribution >= 4 is 15.9 Å². The minimum Gasteiger partial charge on any atom is -0.308 e. The quantitative estimate of drug-likeness (QED) is 0.891. The molecule has 1 aromatic carbocycles. The molecule has 0 bridgehead atoms. The summed E-state index contributed by atoms with van der Waals surface area (Å²) in [6, 6.07) is 2.19. The summed E-state index contributed by atoms with van der Waals surface area (Å²) in [5.41, 5.74) is 1.63. The van der Waals surface area contributed by atoms with Crippen molar-refractivity contribution in [1.29, 1.82) is 0 Å². The van der Waals surface area contributed by atoms with E-state index in [0.717, 1.165) is 16.2 Å². The topological polar surface area (TPSA) is 29.9 Å². The first-order valence-corrected chi connectivity index (χ1v) is 7.51. The molecule has 1 unspecified atom stereocenters. The number of nitrogens with zero attached hydrogens (tertiary/aromatic N) is 2. The van der Waals surface area contributed by atoms with Gasteiger partial charge in [-0.25, -0.2) is 8.78 Å². The van der Waals surface area contributed by atoms with Gasteiger partial charge in [-0.2, -0.15) is 5.10 Å². The maximum atomic E-state index is 14.2. The molecule has 114 valence electrons. The van der Waals surface area contributed by atoms with Crippen LogP contribution >= 0.6 is 15.9 Å². The van der Waals surface area contributed by atoms with Crippen molar-refractivity contribution in [2.24, 2.45) is 0 Å². The molecule has 1 aromatic heterocycles. The highest BCUT2D eigenvalue weighted by atomic mass is 79.9. The van der Waals surface area contributed by atoms with E-state index >= 15 is 0 Å². The van der Waals surface area contributed by atoms with Crippen LogP contribution in [0.15, 0.2) is 22.8 Å². The van der Waals surface area contributed by atoms with Gasteiger partial charge in [-0.1, -0.05) is 0 Å². The zero-order valence-corrected chi connectivity index (χ0v) is 14.0. The molecule has 0 aliphatic rings. The number of benzene rings is 1. The van der Waals surface area contributed by atoms with E-state index in [1.54, 1.807) is 20.2 Å². The summed E-state index contributed by atoms with van der Waals surface area (Å²) in [6.07, 6.45) is 1.69. The van der Waals surface area contributed by atoms with E-state index in [1.807, 2.05) is 18.5 Å². The SMILES string of the molecule is CNC(c1cc(C)c(F)cc1F)c1c(Br)cnn1C(C)C. The Morgan fingerprint density at radius 2 is 1.90 bits per heavy atom. The van der Waals surface area contributed by atoms with E-state index in [4.69, 9.17) is 0 Å². The van der Waals surface area contributed by atoms with Gasteiger partial charge in [0.2, 0.25) is 0 Å². The smallest absolute Gasteiger partial charge is 0.131 e. The second-order valence-electron chi connectivity index (χ2n) is 5.26. The fraction of sp³-hybridized carbons (Fsp3) is 0.400. The zero-order valence-electron chi connectivity index (χ0n) is 12.4. The molecule has 1 N–H and O–H groups in total. The number of halogens is 3. The average molecular weight is 358 g/mol. The number of aromatic nitrogens is 2. The van der Waals surface area contributed by atoms with Crippen molar-refractivity contribution < 1.29 is 8.78 Å². The van der Waals surface area contributed by atoms with Crippen LogP contribution in [0, 0.1) is 18.6 Å². The lowest BCUT2D eigenvalue weighted by atomic mass is 10.0. The molecule has 3 nitrogen and oxygen atoms in total. The van der Waals surface area contributed by atoms with Gasteiger partial charge in [-0.15, -0.1) is 0 Å². The lowest BCUT2D eigenvalue weighted by molar-refractivity contribution is 0.472.